The third kappa shape index (κ3) is 16.4. The molecule has 8 aromatic rings. The number of nitrogens with zero attached hydrogens (tertiary/aromatic N) is 11. The number of nitrogens with one attached hydrogen (secondary N) is 1. The summed E-state index contributed by atoms with van der Waals surface area (Å²) in [6.07, 6.45) is 20.2. The summed E-state index contributed by atoms with van der Waals surface area (Å²) in [5, 5.41) is 36.1. The standard InChI is InChI=1S/C20H19ClN4O2.C10H11BO3.C10H10Cl2N4O.C5H2Cl2N4.C5H8O.CH4/c1-2-15(26)11-13-6-5-7-14(10-13)18-16-12-22-25(17-8-3-4-9-27-17)19(16)24-20(21)23-18;1-2-10(12)7-8-4-3-5-9(6-8)11(13)14;11-8-6-5-13-16(7-3-1-2-4-17-7)9(6)15-10(12)14-8;6-3-2-1-8-11-4(2)10-5(7)9-3;1-2-4-6-5-3-1;/h2,5-7,10,12,17H,1,3-4,8-9,11H2;2-6,13-14H,1,7H2;5,7H,1-4H2;1H,(H,8,9,10,11);2,4H,1,3,5H2;1H4. The predicted octanol–water partition coefficient (Wildman–Crippen LogP) is 10.2. The molecule has 0 saturated carbocycles. The lowest BCUT2D eigenvalue weighted by atomic mass is 9.79. The minimum Gasteiger partial charge on any atom is -0.502 e. The molecule has 2 fully saturated rings. The Morgan fingerprint density at radius 3 is 1.79 bits per heavy atom. The first kappa shape index (κ1) is 59.1. The normalized spacial score (nSPS) is 15.7. The maximum Gasteiger partial charge on any atom is 0.488 e. The summed E-state index contributed by atoms with van der Waals surface area (Å²) in [7, 11) is -1.49. The van der Waals surface area contributed by atoms with E-state index < -0.39 is 7.12 Å². The smallest absolute Gasteiger partial charge is 0.488 e. The van der Waals surface area contributed by atoms with Crippen molar-refractivity contribution < 1.29 is 33.8 Å². The quantitative estimate of drug-likeness (QED) is 0.0499. The highest BCUT2D eigenvalue weighted by atomic mass is 35.5. The summed E-state index contributed by atoms with van der Waals surface area (Å²) < 4.78 is 19.9. The highest BCUT2D eigenvalue weighted by molar-refractivity contribution is 6.58. The van der Waals surface area contributed by atoms with Crippen molar-refractivity contribution in [2.24, 2.45) is 0 Å². The van der Waals surface area contributed by atoms with Gasteiger partial charge >= 0.3 is 7.12 Å². The average molecular weight is 1140 g/mol. The van der Waals surface area contributed by atoms with Gasteiger partial charge in [-0.05, 0) is 127 Å². The Kier molecular flexibility index (Phi) is 22.8. The van der Waals surface area contributed by atoms with E-state index in [2.05, 4.69) is 63.5 Å². The topological polar surface area (TPSA) is 244 Å². The number of benzene rings is 2. The van der Waals surface area contributed by atoms with Crippen LogP contribution in [0.5, 0.6) is 0 Å². The van der Waals surface area contributed by atoms with Gasteiger partial charge in [0.05, 0.1) is 53.3 Å². The number of carbonyl (C=O) groups is 2. The monoisotopic (exact) mass is 1130 g/mol. The third-order valence-corrected chi connectivity index (χ3v) is 12.5. The van der Waals surface area contributed by atoms with Gasteiger partial charge in [0.2, 0.25) is 15.9 Å². The minimum absolute atomic E-state index is 0. The van der Waals surface area contributed by atoms with E-state index >= 15 is 0 Å². The number of hydrogen-bond donors (Lipinski definition) is 3. The molecule has 25 heteroatoms. The number of aromatic amines is 1. The molecule has 3 N–H and O–H groups in total. The lowest BCUT2D eigenvalue weighted by molar-refractivity contribution is -0.114. The number of fused-ring (bicyclic) bond motifs is 3. The number of aromatic nitrogens is 12. The molecule has 0 radical (unpaired) electrons. The summed E-state index contributed by atoms with van der Waals surface area (Å²) in [6, 6.07) is 14.3. The van der Waals surface area contributed by atoms with Crippen molar-refractivity contribution in [1.29, 1.82) is 0 Å². The molecule has 6 aromatic heterocycles. The van der Waals surface area contributed by atoms with E-state index in [4.69, 9.17) is 82.3 Å². The molecule has 398 valence electrons. The molecule has 76 heavy (non-hydrogen) atoms. The van der Waals surface area contributed by atoms with Crippen LogP contribution in [0.2, 0.25) is 26.2 Å². The molecule has 9 heterocycles. The van der Waals surface area contributed by atoms with Gasteiger partial charge in [0.15, 0.2) is 41.0 Å². The first-order chi connectivity index (χ1) is 36.3. The van der Waals surface area contributed by atoms with Crippen LogP contribution < -0.4 is 5.46 Å². The number of rotatable bonds is 10. The van der Waals surface area contributed by atoms with Crippen LogP contribution in [0.25, 0.3) is 44.4 Å². The molecule has 0 spiro atoms. The molecule has 0 bridgehead atoms. The SMILES string of the molecule is C.C1=COCCC1.C=CC(=O)Cc1cccc(-c2nc(Cl)nc3c2cnn3C2CCCCO2)c1.C=CC(=O)Cc1cccc(B(O)O)c1.Clc1nc(Cl)c2cn[nH]c2n1.Clc1nc(Cl)c2cnn(C3CCCCO3)c2n1. The summed E-state index contributed by atoms with van der Waals surface area (Å²) in [5.41, 5.74) is 5.42. The van der Waals surface area contributed by atoms with Crippen LogP contribution in [-0.4, -0.2) is 108 Å². The second kappa shape index (κ2) is 29.4. The number of allylic oxidation sites excluding steroid dienone is 3. The number of H-pyrrole nitrogens is 1. The van der Waals surface area contributed by atoms with Gasteiger partial charge in [-0.1, -0.05) is 86.3 Å². The van der Waals surface area contributed by atoms with Crippen molar-refractivity contribution in [1.82, 2.24) is 59.7 Å². The summed E-state index contributed by atoms with van der Waals surface area (Å²) in [6.45, 7) is 9.27. The van der Waals surface area contributed by atoms with E-state index in [1.807, 2.05) is 30.3 Å². The van der Waals surface area contributed by atoms with E-state index in [-0.39, 0.29) is 53.7 Å². The van der Waals surface area contributed by atoms with Gasteiger partial charge in [0.1, 0.15) is 10.3 Å². The number of ether oxygens (including phenoxy) is 3. The molecule has 2 atom stereocenters. The highest BCUT2D eigenvalue weighted by Gasteiger charge is 2.23. The van der Waals surface area contributed by atoms with E-state index in [0.717, 1.165) is 80.4 Å². The molecular weight excluding hydrogens is 1080 g/mol. The van der Waals surface area contributed by atoms with Gasteiger partial charge in [-0.3, -0.25) is 14.7 Å². The third-order valence-electron chi connectivity index (χ3n) is 11.4. The lowest BCUT2D eigenvalue weighted by Crippen LogP contribution is -2.29. The number of hydrogen-bond acceptors (Lipinski definition) is 16. The number of carbonyl (C=O) groups excluding carboxylic acids is 2. The van der Waals surface area contributed by atoms with Crippen molar-refractivity contribution in [3.05, 3.63) is 142 Å². The Balaban J connectivity index is 0.000000166. The van der Waals surface area contributed by atoms with Crippen LogP contribution in [0, 0.1) is 0 Å². The van der Waals surface area contributed by atoms with Crippen LogP contribution >= 0.6 is 58.0 Å². The molecule has 2 saturated heterocycles. The van der Waals surface area contributed by atoms with Crippen LogP contribution in [0.3, 0.4) is 0 Å². The zero-order valence-corrected chi connectivity index (χ0v) is 44.0. The second-order valence-electron chi connectivity index (χ2n) is 16.7. The Morgan fingerprint density at radius 2 is 1.25 bits per heavy atom. The maximum absolute atomic E-state index is 11.7. The molecule has 0 amide bonds. The molecule has 19 nitrogen and oxygen atoms in total. The largest absolute Gasteiger partial charge is 0.502 e. The van der Waals surface area contributed by atoms with Gasteiger partial charge in [0.25, 0.3) is 0 Å². The van der Waals surface area contributed by atoms with E-state index in [1.54, 1.807) is 58.5 Å². The number of ketones is 2. The number of halogens is 5. The van der Waals surface area contributed by atoms with Crippen molar-refractivity contribution in [3.63, 3.8) is 0 Å². The molecule has 11 rings (SSSR count). The fourth-order valence-electron chi connectivity index (χ4n) is 7.74. The van der Waals surface area contributed by atoms with E-state index in [1.165, 1.54) is 25.0 Å². The average Bonchev–Trinajstić information content (AvgIpc) is 4.21. The molecular formula is C51H54BCl5N12O7. The zero-order valence-electron chi connectivity index (χ0n) is 40.2. The van der Waals surface area contributed by atoms with Crippen molar-refractivity contribution in [3.8, 4) is 11.3 Å². The molecule has 3 aliphatic rings. The van der Waals surface area contributed by atoms with Gasteiger partial charge in [-0.25, -0.2) is 24.3 Å². The maximum atomic E-state index is 11.7. The van der Waals surface area contributed by atoms with Crippen LogP contribution in [0.4, 0.5) is 0 Å². The van der Waals surface area contributed by atoms with Gasteiger partial charge < -0.3 is 24.3 Å². The molecule has 2 aromatic carbocycles. The Hall–Kier alpha value is -6.20. The zero-order chi connectivity index (χ0) is 53.3. The fraction of sp³-hybridized carbons (Fsp3) is 0.314. The summed E-state index contributed by atoms with van der Waals surface area (Å²) in [5.74, 6) is -0.116. The Morgan fingerprint density at radius 1 is 0.684 bits per heavy atom. The molecule has 2 unspecified atom stereocenters. The van der Waals surface area contributed by atoms with Crippen LogP contribution in [0.1, 0.15) is 82.4 Å². The van der Waals surface area contributed by atoms with Gasteiger partial charge in [-0.15, -0.1) is 0 Å². The minimum atomic E-state index is -1.49. The van der Waals surface area contributed by atoms with E-state index in [9.17, 15) is 9.59 Å². The predicted molar refractivity (Wildman–Crippen MR) is 296 cm³/mol. The van der Waals surface area contributed by atoms with Gasteiger partial charge in [0, 0.05) is 31.6 Å². The van der Waals surface area contributed by atoms with Crippen molar-refractivity contribution >= 4 is 115 Å². The Bertz CT molecular complexity index is 3260. The first-order valence-electron chi connectivity index (χ1n) is 23.7. The summed E-state index contributed by atoms with van der Waals surface area (Å²) >= 11 is 29.2. The molecule has 0 aliphatic carbocycles. The van der Waals surface area contributed by atoms with Crippen molar-refractivity contribution in [2.45, 2.75) is 84.1 Å². The van der Waals surface area contributed by atoms with Crippen LogP contribution in [0.15, 0.2) is 105 Å². The second-order valence-corrected chi connectivity index (χ2v) is 18.5. The van der Waals surface area contributed by atoms with Gasteiger partial charge in [-0.2, -0.15) is 30.2 Å². The van der Waals surface area contributed by atoms with Crippen LogP contribution in [-0.2, 0) is 36.6 Å². The van der Waals surface area contributed by atoms with Crippen molar-refractivity contribution in [2.75, 3.05) is 19.8 Å². The summed E-state index contributed by atoms with van der Waals surface area (Å²) in [4.78, 5) is 47.1. The highest BCUT2D eigenvalue weighted by Crippen LogP contribution is 2.32. The first-order valence-corrected chi connectivity index (χ1v) is 25.5. The van der Waals surface area contributed by atoms with E-state index in [0.29, 0.717) is 55.6 Å². The lowest BCUT2D eigenvalue weighted by Gasteiger charge is -2.23. The fourth-order valence-corrected chi connectivity index (χ4v) is 8.76. The Labute approximate surface area is 463 Å². The molecule has 3 aliphatic heterocycles.